The van der Waals surface area contributed by atoms with Gasteiger partial charge in [-0.3, -0.25) is 14.4 Å². The molecule has 2 fully saturated rings. The van der Waals surface area contributed by atoms with E-state index in [1.165, 1.54) is 0 Å². The molecular formula is C10H10N6O5S. The van der Waals surface area contributed by atoms with E-state index in [1.807, 2.05) is 0 Å². The molecule has 1 aromatic rings. The molecule has 0 radical (unpaired) electrons. The van der Waals surface area contributed by atoms with Gasteiger partial charge in [0.1, 0.15) is 11.4 Å². The first-order valence-electron chi connectivity index (χ1n) is 6.20. The molecule has 0 spiro atoms. The SMILES string of the molecule is O=C(Cc1nn[nH]n1)NC1C(=O)N2C(C(=O)O)C(=O)CS[C@@H]12. The number of fused-ring (bicyclic) bond motifs is 1. The van der Waals surface area contributed by atoms with Gasteiger partial charge in [-0.15, -0.1) is 22.0 Å². The van der Waals surface area contributed by atoms with Gasteiger partial charge in [0, 0.05) is 0 Å². The number of aliphatic carboxylic acids is 1. The number of amides is 2. The van der Waals surface area contributed by atoms with Gasteiger partial charge in [0.2, 0.25) is 11.8 Å². The molecule has 2 aliphatic heterocycles. The van der Waals surface area contributed by atoms with E-state index in [1.54, 1.807) is 0 Å². The van der Waals surface area contributed by atoms with Crippen molar-refractivity contribution >= 4 is 35.3 Å². The summed E-state index contributed by atoms with van der Waals surface area (Å²) in [5, 5.41) is 23.7. The molecule has 2 unspecified atom stereocenters. The van der Waals surface area contributed by atoms with Gasteiger partial charge in [-0.25, -0.2) is 4.79 Å². The van der Waals surface area contributed by atoms with Crippen molar-refractivity contribution in [1.82, 2.24) is 30.8 Å². The van der Waals surface area contributed by atoms with Crippen LogP contribution < -0.4 is 5.32 Å². The number of nitrogens with one attached hydrogen (secondary N) is 2. The van der Waals surface area contributed by atoms with Gasteiger partial charge in [0.05, 0.1) is 12.2 Å². The largest absolute Gasteiger partial charge is 0.479 e. The summed E-state index contributed by atoms with van der Waals surface area (Å²) in [6.07, 6.45) is -0.154. The predicted octanol–water partition coefficient (Wildman–Crippen LogP) is -2.84. The monoisotopic (exact) mass is 326 g/mol. The van der Waals surface area contributed by atoms with E-state index in [9.17, 15) is 19.2 Å². The first-order valence-corrected chi connectivity index (χ1v) is 7.25. The highest BCUT2D eigenvalue weighted by Crippen LogP contribution is 2.36. The van der Waals surface area contributed by atoms with Crippen LogP contribution in [0.1, 0.15) is 5.82 Å². The average Bonchev–Trinajstić information content (AvgIpc) is 2.97. The van der Waals surface area contributed by atoms with E-state index in [4.69, 9.17) is 5.11 Å². The maximum Gasteiger partial charge on any atom is 0.334 e. The van der Waals surface area contributed by atoms with Crippen LogP contribution in [0.5, 0.6) is 0 Å². The Morgan fingerprint density at radius 1 is 1.45 bits per heavy atom. The fraction of sp³-hybridized carbons (Fsp3) is 0.500. The molecule has 3 rings (SSSR count). The van der Waals surface area contributed by atoms with Crippen molar-refractivity contribution in [3.05, 3.63) is 5.82 Å². The van der Waals surface area contributed by atoms with Crippen LogP contribution >= 0.6 is 11.8 Å². The Hall–Kier alpha value is -2.50. The quantitative estimate of drug-likeness (QED) is 0.391. The summed E-state index contributed by atoms with van der Waals surface area (Å²) in [5.41, 5.74) is 0. The molecule has 3 heterocycles. The van der Waals surface area contributed by atoms with Crippen molar-refractivity contribution in [2.24, 2.45) is 0 Å². The second kappa shape index (κ2) is 5.36. The first kappa shape index (κ1) is 14.4. The van der Waals surface area contributed by atoms with Gasteiger partial charge >= 0.3 is 5.97 Å². The highest BCUT2D eigenvalue weighted by atomic mass is 32.2. The van der Waals surface area contributed by atoms with Crippen LogP contribution in [0, 0.1) is 0 Å². The minimum atomic E-state index is -1.47. The zero-order valence-electron chi connectivity index (χ0n) is 10.9. The topological polar surface area (TPSA) is 158 Å². The number of carboxylic acid groups (broad SMARTS) is 1. The van der Waals surface area contributed by atoms with Crippen molar-refractivity contribution in [2.75, 3.05) is 5.75 Å². The predicted molar refractivity (Wildman–Crippen MR) is 69.3 cm³/mol. The Bertz CT molecular complexity index is 648. The molecule has 2 aliphatic rings. The number of Topliss-reactive ketones (excluding diaryl/α,β-unsaturated/α-hetero) is 1. The van der Waals surface area contributed by atoms with E-state index in [0.717, 1.165) is 16.7 Å². The highest BCUT2D eigenvalue weighted by Gasteiger charge is 2.57. The van der Waals surface area contributed by atoms with E-state index in [2.05, 4.69) is 25.9 Å². The van der Waals surface area contributed by atoms with E-state index in [-0.39, 0.29) is 18.0 Å². The third-order valence-corrected chi connectivity index (χ3v) is 4.61. The van der Waals surface area contributed by atoms with Crippen LogP contribution in [0.3, 0.4) is 0 Å². The fourth-order valence-electron chi connectivity index (χ4n) is 2.35. The zero-order valence-corrected chi connectivity index (χ0v) is 11.7. The zero-order chi connectivity index (χ0) is 15.9. The summed E-state index contributed by atoms with van der Waals surface area (Å²) in [6.45, 7) is 0. The van der Waals surface area contributed by atoms with Crippen molar-refractivity contribution < 1.29 is 24.3 Å². The molecule has 12 heteroatoms. The third-order valence-electron chi connectivity index (χ3n) is 3.32. The number of thioether (sulfide) groups is 1. The molecule has 2 saturated heterocycles. The molecule has 0 saturated carbocycles. The maximum absolute atomic E-state index is 12.0. The number of carbonyl (C=O) groups excluding carboxylic acids is 3. The number of carbonyl (C=O) groups is 4. The Morgan fingerprint density at radius 2 is 2.23 bits per heavy atom. The van der Waals surface area contributed by atoms with Crippen molar-refractivity contribution in [2.45, 2.75) is 23.9 Å². The smallest absolute Gasteiger partial charge is 0.334 e. The number of ketones is 1. The van der Waals surface area contributed by atoms with Crippen LogP contribution in [0.2, 0.25) is 0 Å². The number of rotatable bonds is 4. The molecule has 3 atom stereocenters. The lowest BCUT2D eigenvalue weighted by molar-refractivity contribution is -0.165. The standard InChI is InChI=1S/C10H10N6O5S/c17-3-2-22-9-6(8(19)16(9)7(3)10(20)21)11-5(18)1-4-12-14-15-13-4/h6-7,9H,1-2H2,(H,11,18)(H,20,21)(H,12,13,14,15)/t6?,7?,9-/m0/s1. The van der Waals surface area contributed by atoms with Crippen LogP contribution in [0.4, 0.5) is 0 Å². The summed E-state index contributed by atoms with van der Waals surface area (Å²) in [7, 11) is 0. The molecule has 0 aromatic carbocycles. The summed E-state index contributed by atoms with van der Waals surface area (Å²) < 4.78 is 0. The molecule has 0 aliphatic carbocycles. The number of H-pyrrole nitrogens is 1. The normalized spacial score (nSPS) is 27.1. The van der Waals surface area contributed by atoms with Crippen molar-refractivity contribution in [3.8, 4) is 0 Å². The summed E-state index contributed by atoms with van der Waals surface area (Å²) in [4.78, 5) is 47.5. The van der Waals surface area contributed by atoms with Crippen molar-refractivity contribution in [1.29, 1.82) is 0 Å². The van der Waals surface area contributed by atoms with Gasteiger partial charge in [-0.2, -0.15) is 5.21 Å². The molecular weight excluding hydrogens is 316 g/mol. The third kappa shape index (κ3) is 2.30. The number of hydrogen-bond donors (Lipinski definition) is 3. The number of aromatic nitrogens is 4. The van der Waals surface area contributed by atoms with E-state index < -0.39 is 41.0 Å². The summed E-state index contributed by atoms with van der Waals surface area (Å²) in [6, 6.07) is -2.32. The second-order valence-corrected chi connectivity index (χ2v) is 5.81. The van der Waals surface area contributed by atoms with Crippen LogP contribution in [-0.2, 0) is 25.6 Å². The molecule has 116 valence electrons. The van der Waals surface area contributed by atoms with Crippen LogP contribution in [0.15, 0.2) is 0 Å². The van der Waals surface area contributed by atoms with Crippen LogP contribution in [-0.4, -0.2) is 77.4 Å². The number of tetrazole rings is 1. The first-order chi connectivity index (χ1) is 10.5. The Labute approximate surface area is 126 Å². The highest BCUT2D eigenvalue weighted by molar-refractivity contribution is 8.00. The average molecular weight is 326 g/mol. The lowest BCUT2D eigenvalue weighted by Gasteiger charge is -2.51. The lowest BCUT2D eigenvalue weighted by atomic mass is 10.0. The number of β-lactam (4-membered cyclic amide) rings is 1. The molecule has 1 aromatic heterocycles. The van der Waals surface area contributed by atoms with Gasteiger partial charge in [-0.05, 0) is 0 Å². The second-order valence-electron chi connectivity index (χ2n) is 4.70. The Kier molecular flexibility index (Phi) is 3.52. The molecule has 2 amide bonds. The Morgan fingerprint density at radius 3 is 2.86 bits per heavy atom. The van der Waals surface area contributed by atoms with Gasteiger partial charge in [0.15, 0.2) is 17.6 Å². The number of carboxylic acids is 1. The molecule has 22 heavy (non-hydrogen) atoms. The number of nitrogens with zero attached hydrogens (tertiary/aromatic N) is 4. The summed E-state index contributed by atoms with van der Waals surface area (Å²) >= 11 is 1.13. The molecule has 3 N–H and O–H groups in total. The maximum atomic E-state index is 12.0. The van der Waals surface area contributed by atoms with E-state index in [0.29, 0.717) is 0 Å². The minimum Gasteiger partial charge on any atom is -0.479 e. The van der Waals surface area contributed by atoms with Crippen LogP contribution in [0.25, 0.3) is 0 Å². The van der Waals surface area contributed by atoms with E-state index >= 15 is 0 Å². The fourth-order valence-corrected chi connectivity index (χ4v) is 3.61. The Balaban J connectivity index is 1.65. The summed E-state index contributed by atoms with van der Waals surface area (Å²) in [5.74, 6) is -2.79. The van der Waals surface area contributed by atoms with Gasteiger partial charge < -0.3 is 15.3 Å². The van der Waals surface area contributed by atoms with Crippen molar-refractivity contribution in [3.63, 3.8) is 0 Å². The lowest BCUT2D eigenvalue weighted by Crippen LogP contribution is -2.76. The molecule has 0 bridgehead atoms. The van der Waals surface area contributed by atoms with Gasteiger partial charge in [-0.1, -0.05) is 5.21 Å². The molecule has 11 nitrogen and oxygen atoms in total. The minimum absolute atomic E-state index is 0.0113. The number of hydrogen-bond acceptors (Lipinski definition) is 8. The van der Waals surface area contributed by atoms with Gasteiger partial charge in [0.25, 0.3) is 0 Å². The number of aromatic amines is 1.